The van der Waals surface area contributed by atoms with Crippen LogP contribution in [0, 0.1) is 13.8 Å². The number of aromatic nitrogens is 3. The Morgan fingerprint density at radius 2 is 2.23 bits per heavy atom. The van der Waals surface area contributed by atoms with Gasteiger partial charge in [-0.3, -0.25) is 9.48 Å². The molecule has 0 saturated carbocycles. The van der Waals surface area contributed by atoms with Crippen LogP contribution in [-0.4, -0.2) is 39.4 Å². The van der Waals surface area contributed by atoms with E-state index in [1.807, 2.05) is 33.9 Å². The molecule has 1 N–H and O–H groups in total. The Morgan fingerprint density at radius 3 is 2.91 bits per heavy atom. The summed E-state index contributed by atoms with van der Waals surface area (Å²) in [7, 11) is 1.86. The van der Waals surface area contributed by atoms with Crippen molar-refractivity contribution in [1.29, 1.82) is 0 Å². The molecule has 6 nitrogen and oxygen atoms in total. The molecule has 2 aromatic heterocycles. The number of aryl methyl sites for hydroxylation is 3. The molecule has 0 bridgehead atoms. The van der Waals surface area contributed by atoms with E-state index in [9.17, 15) is 4.79 Å². The fourth-order valence-electron chi connectivity index (χ4n) is 3.04. The predicted octanol–water partition coefficient (Wildman–Crippen LogP) is 1.88. The highest BCUT2D eigenvalue weighted by Gasteiger charge is 2.25. The van der Waals surface area contributed by atoms with Gasteiger partial charge in [0.15, 0.2) is 5.65 Å². The van der Waals surface area contributed by atoms with Crippen LogP contribution < -0.4 is 5.32 Å². The van der Waals surface area contributed by atoms with E-state index in [2.05, 4.69) is 15.4 Å². The Kier molecular flexibility index (Phi) is 3.87. The number of amides is 1. The molecule has 118 valence electrons. The highest BCUT2D eigenvalue weighted by molar-refractivity contribution is 5.98. The number of fused-ring (bicyclic) bond motifs is 1. The zero-order valence-electron chi connectivity index (χ0n) is 13.5. The van der Waals surface area contributed by atoms with Gasteiger partial charge in [-0.2, -0.15) is 5.10 Å². The summed E-state index contributed by atoms with van der Waals surface area (Å²) >= 11 is 0. The van der Waals surface area contributed by atoms with E-state index in [0.717, 1.165) is 36.2 Å². The monoisotopic (exact) mass is 302 g/mol. The summed E-state index contributed by atoms with van der Waals surface area (Å²) in [5.41, 5.74) is 3.01. The second-order valence-electron chi connectivity index (χ2n) is 6.02. The molecule has 1 aliphatic rings. The number of hydrogen-bond donors (Lipinski definition) is 1. The molecule has 6 heteroatoms. The van der Waals surface area contributed by atoms with Crippen LogP contribution in [0.2, 0.25) is 0 Å². The molecule has 1 amide bonds. The standard InChI is InChI=1S/C16H22N4O2/c1-9-13(8-12-10(2)19-20(4)15(12)17-9)16(21)18-11(3)14-6-5-7-22-14/h8,11,14H,5-7H2,1-4H3,(H,18,21)/t11-,14+/m1/s1. The van der Waals surface area contributed by atoms with Crippen LogP contribution in [0.25, 0.3) is 11.0 Å². The van der Waals surface area contributed by atoms with Crippen LogP contribution in [0.4, 0.5) is 0 Å². The van der Waals surface area contributed by atoms with Gasteiger partial charge in [0, 0.05) is 19.0 Å². The highest BCUT2D eigenvalue weighted by atomic mass is 16.5. The van der Waals surface area contributed by atoms with Crippen LogP contribution in [0.5, 0.6) is 0 Å². The highest BCUT2D eigenvalue weighted by Crippen LogP contribution is 2.20. The third-order valence-electron chi connectivity index (χ3n) is 4.32. The normalized spacial score (nSPS) is 19.5. The topological polar surface area (TPSA) is 69.0 Å². The summed E-state index contributed by atoms with van der Waals surface area (Å²) in [6.45, 7) is 6.56. The molecule has 1 fully saturated rings. The zero-order chi connectivity index (χ0) is 15.9. The molecule has 0 aromatic carbocycles. The second kappa shape index (κ2) is 5.68. The van der Waals surface area contributed by atoms with Gasteiger partial charge >= 0.3 is 0 Å². The first-order valence-electron chi connectivity index (χ1n) is 7.71. The molecule has 3 heterocycles. The van der Waals surface area contributed by atoms with Crippen molar-refractivity contribution in [2.45, 2.75) is 45.8 Å². The van der Waals surface area contributed by atoms with E-state index in [1.165, 1.54) is 0 Å². The van der Waals surface area contributed by atoms with Gasteiger partial charge in [-0.1, -0.05) is 0 Å². The molecule has 1 saturated heterocycles. The quantitative estimate of drug-likeness (QED) is 0.940. The van der Waals surface area contributed by atoms with Gasteiger partial charge in [0.1, 0.15) is 0 Å². The SMILES string of the molecule is Cc1nc2c(cc1C(=O)N[C@H](C)[C@@H]1CCCO1)c(C)nn2C. The molecular weight excluding hydrogens is 280 g/mol. The number of rotatable bonds is 3. The van der Waals surface area contributed by atoms with Crippen LogP contribution in [-0.2, 0) is 11.8 Å². The lowest BCUT2D eigenvalue weighted by atomic mass is 10.1. The van der Waals surface area contributed by atoms with E-state index in [1.54, 1.807) is 4.68 Å². The number of pyridine rings is 1. The molecule has 1 aliphatic heterocycles. The van der Waals surface area contributed by atoms with Crippen molar-refractivity contribution in [2.24, 2.45) is 7.05 Å². The molecule has 0 radical (unpaired) electrons. The Bertz CT molecular complexity index is 716. The van der Waals surface area contributed by atoms with Crippen molar-refractivity contribution in [3.63, 3.8) is 0 Å². The second-order valence-corrected chi connectivity index (χ2v) is 6.02. The van der Waals surface area contributed by atoms with Crippen LogP contribution in [0.15, 0.2) is 6.07 Å². The first-order valence-corrected chi connectivity index (χ1v) is 7.71. The lowest BCUT2D eigenvalue weighted by Gasteiger charge is -2.20. The Hall–Kier alpha value is -1.95. The van der Waals surface area contributed by atoms with Gasteiger partial charge in [0.05, 0.1) is 29.1 Å². The van der Waals surface area contributed by atoms with Crippen molar-refractivity contribution in [3.05, 3.63) is 23.0 Å². The van der Waals surface area contributed by atoms with Crippen LogP contribution >= 0.6 is 0 Å². The Balaban J connectivity index is 1.87. The molecule has 2 atom stereocenters. The molecular formula is C16H22N4O2. The molecule has 3 rings (SSSR count). The maximum atomic E-state index is 12.6. The number of hydrogen-bond acceptors (Lipinski definition) is 4. The summed E-state index contributed by atoms with van der Waals surface area (Å²) in [5.74, 6) is -0.0989. The Labute approximate surface area is 129 Å². The summed E-state index contributed by atoms with van der Waals surface area (Å²) in [5, 5.41) is 8.32. The molecule has 0 aliphatic carbocycles. The van der Waals surface area contributed by atoms with Gasteiger partial charge in [0.25, 0.3) is 5.91 Å². The number of nitrogens with zero attached hydrogens (tertiary/aromatic N) is 3. The molecule has 0 unspecified atom stereocenters. The minimum Gasteiger partial charge on any atom is -0.376 e. The largest absolute Gasteiger partial charge is 0.376 e. The third-order valence-corrected chi connectivity index (χ3v) is 4.32. The van der Waals surface area contributed by atoms with E-state index < -0.39 is 0 Å². The fourth-order valence-corrected chi connectivity index (χ4v) is 3.04. The van der Waals surface area contributed by atoms with Gasteiger partial charge in [-0.05, 0) is 39.7 Å². The fraction of sp³-hybridized carbons (Fsp3) is 0.562. The molecule has 2 aromatic rings. The molecule has 0 spiro atoms. The van der Waals surface area contributed by atoms with Gasteiger partial charge in [-0.15, -0.1) is 0 Å². The van der Waals surface area contributed by atoms with E-state index in [0.29, 0.717) is 11.3 Å². The Morgan fingerprint density at radius 1 is 1.45 bits per heavy atom. The summed E-state index contributed by atoms with van der Waals surface area (Å²) in [6.07, 6.45) is 2.17. The zero-order valence-corrected chi connectivity index (χ0v) is 13.5. The van der Waals surface area contributed by atoms with Gasteiger partial charge < -0.3 is 10.1 Å². The smallest absolute Gasteiger partial charge is 0.253 e. The van der Waals surface area contributed by atoms with Crippen LogP contribution in [0.1, 0.15) is 41.5 Å². The van der Waals surface area contributed by atoms with Gasteiger partial charge in [-0.25, -0.2) is 4.98 Å². The van der Waals surface area contributed by atoms with Crippen molar-refractivity contribution < 1.29 is 9.53 Å². The number of ether oxygens (including phenoxy) is 1. The summed E-state index contributed by atoms with van der Waals surface area (Å²) in [4.78, 5) is 17.1. The third kappa shape index (κ3) is 2.59. The minimum absolute atomic E-state index is 0.0000854. The summed E-state index contributed by atoms with van der Waals surface area (Å²) < 4.78 is 7.38. The van der Waals surface area contributed by atoms with Crippen LogP contribution in [0.3, 0.4) is 0 Å². The molecule has 22 heavy (non-hydrogen) atoms. The average Bonchev–Trinajstić information content (AvgIpc) is 3.08. The number of nitrogens with one attached hydrogen (secondary N) is 1. The van der Waals surface area contributed by atoms with E-state index in [-0.39, 0.29) is 18.1 Å². The van der Waals surface area contributed by atoms with E-state index >= 15 is 0 Å². The first kappa shape index (κ1) is 15.0. The maximum Gasteiger partial charge on any atom is 0.253 e. The van der Waals surface area contributed by atoms with Crippen molar-refractivity contribution in [2.75, 3.05) is 6.61 Å². The number of carbonyl (C=O) groups excluding carboxylic acids is 1. The first-order chi connectivity index (χ1) is 10.5. The average molecular weight is 302 g/mol. The van der Waals surface area contributed by atoms with E-state index in [4.69, 9.17) is 4.74 Å². The van der Waals surface area contributed by atoms with Crippen molar-refractivity contribution >= 4 is 16.9 Å². The van der Waals surface area contributed by atoms with Crippen molar-refractivity contribution in [3.8, 4) is 0 Å². The van der Waals surface area contributed by atoms with Gasteiger partial charge in [0.2, 0.25) is 0 Å². The lowest BCUT2D eigenvalue weighted by molar-refractivity contribution is 0.0712. The lowest BCUT2D eigenvalue weighted by Crippen LogP contribution is -2.41. The number of carbonyl (C=O) groups is 1. The van der Waals surface area contributed by atoms with Crippen molar-refractivity contribution in [1.82, 2.24) is 20.1 Å². The minimum atomic E-state index is -0.0989. The predicted molar refractivity (Wildman–Crippen MR) is 83.9 cm³/mol. The maximum absolute atomic E-state index is 12.6. The summed E-state index contributed by atoms with van der Waals surface area (Å²) in [6, 6.07) is 1.89.